The van der Waals surface area contributed by atoms with E-state index in [-0.39, 0.29) is 23.5 Å². The Balaban J connectivity index is 1.67. The van der Waals surface area contributed by atoms with Crippen molar-refractivity contribution in [3.05, 3.63) is 105 Å². The summed E-state index contributed by atoms with van der Waals surface area (Å²) in [4.78, 5) is 13.1. The van der Waals surface area contributed by atoms with Gasteiger partial charge in [0.05, 0.1) is 12.6 Å². The summed E-state index contributed by atoms with van der Waals surface area (Å²) in [5.74, 6) is 1.05. The molecule has 30 heavy (non-hydrogen) atoms. The van der Waals surface area contributed by atoms with Gasteiger partial charge in [0.2, 0.25) is 0 Å². The van der Waals surface area contributed by atoms with E-state index < -0.39 is 0 Å². The first-order chi connectivity index (χ1) is 14.7. The number of ether oxygens (including phenoxy) is 1. The fourth-order valence-electron chi connectivity index (χ4n) is 5.10. The number of para-hydroxylation sites is 1. The smallest absolute Gasteiger partial charge is 0.360 e. The van der Waals surface area contributed by atoms with Crippen molar-refractivity contribution in [2.24, 2.45) is 5.92 Å². The first kappa shape index (κ1) is 17.3. The van der Waals surface area contributed by atoms with Gasteiger partial charge in [0, 0.05) is 28.3 Å². The van der Waals surface area contributed by atoms with Gasteiger partial charge >= 0.3 is 5.63 Å². The fraction of sp³-hybridized carbons (Fsp3) is 0.192. The molecular formula is C26H21NO3. The van der Waals surface area contributed by atoms with Crippen molar-refractivity contribution in [2.75, 3.05) is 11.9 Å². The Morgan fingerprint density at radius 3 is 2.63 bits per heavy atom. The van der Waals surface area contributed by atoms with Crippen LogP contribution >= 0.6 is 0 Å². The van der Waals surface area contributed by atoms with Gasteiger partial charge in [0.1, 0.15) is 17.0 Å². The van der Waals surface area contributed by atoms with Crippen molar-refractivity contribution in [3.63, 3.8) is 0 Å². The number of anilines is 1. The first-order valence-corrected chi connectivity index (χ1v) is 10.3. The zero-order chi connectivity index (χ0) is 20.2. The normalized spacial score (nSPS) is 21.7. The van der Waals surface area contributed by atoms with E-state index in [0.717, 1.165) is 27.8 Å². The highest BCUT2D eigenvalue weighted by atomic mass is 16.5. The molecule has 0 saturated heterocycles. The van der Waals surface area contributed by atoms with Gasteiger partial charge in [-0.05, 0) is 30.7 Å². The molecule has 3 heterocycles. The van der Waals surface area contributed by atoms with Gasteiger partial charge in [-0.3, -0.25) is 0 Å². The zero-order valence-corrected chi connectivity index (χ0v) is 16.6. The van der Waals surface area contributed by atoms with Gasteiger partial charge in [-0.1, -0.05) is 60.2 Å². The predicted octanol–water partition coefficient (Wildman–Crippen LogP) is 5.41. The molecule has 148 valence electrons. The molecule has 0 spiro atoms. The highest BCUT2D eigenvalue weighted by Gasteiger charge is 2.44. The number of benzene rings is 3. The van der Waals surface area contributed by atoms with E-state index in [1.165, 1.54) is 5.56 Å². The van der Waals surface area contributed by atoms with Crippen LogP contribution < -0.4 is 15.7 Å². The van der Waals surface area contributed by atoms with E-state index in [9.17, 15) is 4.79 Å². The molecule has 4 nitrogen and oxygen atoms in total. The predicted molar refractivity (Wildman–Crippen MR) is 117 cm³/mol. The maximum Gasteiger partial charge on any atom is 0.360 e. The molecular weight excluding hydrogens is 374 g/mol. The molecule has 1 N–H and O–H groups in total. The van der Waals surface area contributed by atoms with Crippen LogP contribution in [0.2, 0.25) is 0 Å². The van der Waals surface area contributed by atoms with Gasteiger partial charge in [0.25, 0.3) is 0 Å². The fourth-order valence-corrected chi connectivity index (χ4v) is 5.10. The van der Waals surface area contributed by atoms with Gasteiger partial charge in [0.15, 0.2) is 0 Å². The summed E-state index contributed by atoms with van der Waals surface area (Å²) < 4.78 is 11.9. The second-order valence-electron chi connectivity index (χ2n) is 8.20. The van der Waals surface area contributed by atoms with Gasteiger partial charge < -0.3 is 14.5 Å². The molecule has 0 amide bonds. The molecule has 2 aliphatic heterocycles. The van der Waals surface area contributed by atoms with Gasteiger partial charge in [-0.25, -0.2) is 4.79 Å². The highest BCUT2D eigenvalue weighted by Crippen LogP contribution is 2.52. The molecule has 0 aliphatic carbocycles. The number of rotatable bonds is 1. The average Bonchev–Trinajstić information content (AvgIpc) is 2.79. The Morgan fingerprint density at radius 1 is 0.967 bits per heavy atom. The van der Waals surface area contributed by atoms with E-state index in [2.05, 4.69) is 48.6 Å². The molecule has 6 rings (SSSR count). The second kappa shape index (κ2) is 6.49. The van der Waals surface area contributed by atoms with Gasteiger partial charge in [-0.2, -0.15) is 0 Å². The molecule has 1 aromatic heterocycles. The van der Waals surface area contributed by atoms with Crippen molar-refractivity contribution >= 4 is 16.7 Å². The summed E-state index contributed by atoms with van der Waals surface area (Å²) in [5, 5.41) is 4.54. The summed E-state index contributed by atoms with van der Waals surface area (Å²) in [5.41, 5.74) is 5.31. The number of nitrogens with one attached hydrogen (secondary N) is 1. The molecule has 0 fully saturated rings. The van der Waals surface area contributed by atoms with Crippen LogP contribution in [-0.4, -0.2) is 6.61 Å². The second-order valence-corrected chi connectivity index (χ2v) is 8.20. The van der Waals surface area contributed by atoms with Crippen molar-refractivity contribution < 1.29 is 9.15 Å². The zero-order valence-electron chi connectivity index (χ0n) is 16.6. The molecule has 4 aromatic rings. The third-order valence-electron chi connectivity index (χ3n) is 6.41. The third kappa shape index (κ3) is 2.50. The SMILES string of the molecule is Cc1ccc2oc(=O)c3c(c2c1)[C@@H](c1ccccc1)[C@@H]1COc2ccccc2[C@H]1N3. The molecule has 4 heteroatoms. The minimum atomic E-state index is -0.315. The summed E-state index contributed by atoms with van der Waals surface area (Å²) in [7, 11) is 0. The summed E-state index contributed by atoms with van der Waals surface area (Å²) in [6.07, 6.45) is 0. The maximum absolute atomic E-state index is 13.1. The lowest BCUT2D eigenvalue weighted by atomic mass is 9.71. The standard InChI is InChI=1S/C26H21NO3/c1-15-11-12-21-18(13-15)23-22(16-7-3-2-4-8-16)19-14-29-20-10-6-5-9-17(20)24(19)27-25(23)26(28)30-21/h2-13,19,22,24,27H,14H2,1H3/t19-,22-,24+/m0/s1. The monoisotopic (exact) mass is 395 g/mol. The summed E-state index contributed by atoms with van der Waals surface area (Å²) in [6, 6.07) is 24.5. The topological polar surface area (TPSA) is 51.5 Å². The largest absolute Gasteiger partial charge is 0.493 e. The van der Waals surface area contributed by atoms with E-state index >= 15 is 0 Å². The third-order valence-corrected chi connectivity index (χ3v) is 6.41. The van der Waals surface area contributed by atoms with Gasteiger partial charge in [-0.15, -0.1) is 0 Å². The Bertz CT molecular complexity index is 1330. The first-order valence-electron chi connectivity index (χ1n) is 10.3. The maximum atomic E-state index is 13.1. The van der Waals surface area contributed by atoms with Crippen molar-refractivity contribution in [1.82, 2.24) is 0 Å². The molecule has 3 aromatic carbocycles. The average molecular weight is 395 g/mol. The number of hydrogen-bond acceptors (Lipinski definition) is 4. The van der Waals surface area contributed by atoms with Crippen molar-refractivity contribution in [2.45, 2.75) is 18.9 Å². The molecule has 0 radical (unpaired) electrons. The van der Waals surface area contributed by atoms with Crippen LogP contribution in [0.1, 0.15) is 34.2 Å². The number of hydrogen-bond donors (Lipinski definition) is 1. The van der Waals surface area contributed by atoms with Crippen molar-refractivity contribution in [3.8, 4) is 5.75 Å². The molecule has 0 unspecified atom stereocenters. The molecule has 3 atom stereocenters. The van der Waals surface area contributed by atoms with Crippen LogP contribution in [0, 0.1) is 12.8 Å². The quantitative estimate of drug-likeness (QED) is 0.438. The van der Waals surface area contributed by atoms with E-state index in [4.69, 9.17) is 9.15 Å². The molecule has 0 saturated carbocycles. The lowest BCUT2D eigenvalue weighted by molar-refractivity contribution is 0.183. The van der Waals surface area contributed by atoms with Crippen molar-refractivity contribution in [1.29, 1.82) is 0 Å². The Kier molecular flexibility index (Phi) is 3.75. The van der Waals surface area contributed by atoms with Crippen LogP contribution in [0.15, 0.2) is 82.0 Å². The van der Waals surface area contributed by atoms with Crippen LogP contribution in [-0.2, 0) is 0 Å². The minimum absolute atomic E-state index is 0.0159. The Hall–Kier alpha value is -3.53. The minimum Gasteiger partial charge on any atom is -0.493 e. The Morgan fingerprint density at radius 2 is 1.77 bits per heavy atom. The lowest BCUT2D eigenvalue weighted by Gasteiger charge is -2.43. The summed E-state index contributed by atoms with van der Waals surface area (Å²) in [6.45, 7) is 2.65. The highest BCUT2D eigenvalue weighted by molar-refractivity contribution is 5.87. The number of aryl methyl sites for hydroxylation is 1. The van der Waals surface area contributed by atoms with E-state index in [0.29, 0.717) is 17.9 Å². The van der Waals surface area contributed by atoms with Crippen LogP contribution in [0.5, 0.6) is 5.75 Å². The lowest BCUT2D eigenvalue weighted by Crippen LogP contribution is -2.40. The molecule has 0 bridgehead atoms. The van der Waals surface area contributed by atoms with Crippen LogP contribution in [0.25, 0.3) is 11.0 Å². The summed E-state index contributed by atoms with van der Waals surface area (Å²) >= 11 is 0. The van der Waals surface area contributed by atoms with E-state index in [1.807, 2.05) is 36.4 Å². The van der Waals surface area contributed by atoms with E-state index in [1.54, 1.807) is 0 Å². The Labute approximate surface area is 174 Å². The van der Waals surface area contributed by atoms with Crippen LogP contribution in [0.4, 0.5) is 5.69 Å². The van der Waals surface area contributed by atoms with Crippen LogP contribution in [0.3, 0.4) is 0 Å². The number of fused-ring (bicyclic) bond motifs is 6. The molecule has 2 aliphatic rings.